The fourth-order valence-electron chi connectivity index (χ4n) is 1.01. The molecule has 1 heterocycles. The van der Waals surface area contributed by atoms with E-state index in [4.69, 9.17) is 9.84 Å². The van der Waals surface area contributed by atoms with Gasteiger partial charge in [0.2, 0.25) is 0 Å². The normalized spacial score (nSPS) is 11.4. The van der Waals surface area contributed by atoms with Crippen molar-refractivity contribution in [1.82, 2.24) is 9.97 Å². The summed E-state index contributed by atoms with van der Waals surface area (Å²) in [5.74, 6) is -1.03. The predicted octanol–water partition coefficient (Wildman–Crippen LogP) is 1.88. The van der Waals surface area contributed by atoms with Gasteiger partial charge >= 0.3 is 5.97 Å². The molecule has 5 heteroatoms. The molecule has 1 rings (SSSR count). The van der Waals surface area contributed by atoms with Crippen LogP contribution in [0.3, 0.4) is 0 Å². The van der Waals surface area contributed by atoms with E-state index in [1.165, 1.54) is 12.5 Å². The highest BCUT2D eigenvalue weighted by molar-refractivity contribution is 5.88. The van der Waals surface area contributed by atoms with Crippen LogP contribution >= 0.6 is 0 Å². The minimum absolute atomic E-state index is 0.0920. The number of aromatic carboxylic acids is 1. The van der Waals surface area contributed by atoms with Gasteiger partial charge in [0.15, 0.2) is 0 Å². The van der Waals surface area contributed by atoms with Gasteiger partial charge in [-0.3, -0.25) is 0 Å². The first kappa shape index (κ1) is 12.6. The van der Waals surface area contributed by atoms with Gasteiger partial charge in [-0.2, -0.15) is 0 Å². The fourth-order valence-corrected chi connectivity index (χ4v) is 1.01. The van der Waals surface area contributed by atoms with Crippen LogP contribution in [-0.2, 0) is 11.3 Å². The number of nitrogens with zero attached hydrogens (tertiary/aromatic N) is 2. The number of carboxylic acid groups (broad SMARTS) is 1. The van der Waals surface area contributed by atoms with Crippen LogP contribution in [-0.4, -0.2) is 26.6 Å². The van der Waals surface area contributed by atoms with Crippen molar-refractivity contribution in [3.05, 3.63) is 23.8 Å². The summed E-state index contributed by atoms with van der Waals surface area (Å²) < 4.78 is 5.60. The summed E-state index contributed by atoms with van der Waals surface area (Å²) in [4.78, 5) is 18.5. The van der Waals surface area contributed by atoms with Gasteiger partial charge in [0.05, 0.1) is 17.9 Å². The number of aromatic nitrogens is 2. The molecule has 0 spiro atoms. The van der Waals surface area contributed by atoms with Crippen molar-refractivity contribution >= 4 is 5.97 Å². The van der Waals surface area contributed by atoms with E-state index in [9.17, 15) is 4.79 Å². The molecule has 0 atom stereocenters. The second-order valence-electron chi connectivity index (χ2n) is 4.09. The van der Waals surface area contributed by atoms with Crippen molar-refractivity contribution < 1.29 is 14.6 Å². The zero-order valence-corrected chi connectivity index (χ0v) is 9.73. The maximum absolute atomic E-state index is 10.9. The number of rotatable bonds is 5. The molecule has 1 aromatic rings. The molecule has 5 nitrogen and oxygen atoms in total. The molecule has 0 radical (unpaired) electrons. The van der Waals surface area contributed by atoms with Crippen LogP contribution in [0.25, 0.3) is 0 Å². The van der Waals surface area contributed by atoms with Gasteiger partial charge < -0.3 is 9.84 Å². The Hall–Kier alpha value is -1.49. The summed E-state index contributed by atoms with van der Waals surface area (Å²) in [6.07, 6.45) is 3.46. The highest BCUT2D eigenvalue weighted by Crippen LogP contribution is 2.16. The largest absolute Gasteiger partial charge is 0.478 e. The van der Waals surface area contributed by atoms with E-state index in [0.29, 0.717) is 5.69 Å². The van der Waals surface area contributed by atoms with Crippen LogP contribution in [0.2, 0.25) is 0 Å². The van der Waals surface area contributed by atoms with Gasteiger partial charge in [0.1, 0.15) is 11.9 Å². The van der Waals surface area contributed by atoms with E-state index in [-0.39, 0.29) is 17.8 Å². The van der Waals surface area contributed by atoms with E-state index < -0.39 is 5.97 Å². The SMILES string of the molecule is CCC(C)(C)OCc1ncncc1C(=O)O. The molecular weight excluding hydrogens is 208 g/mol. The Balaban J connectivity index is 2.78. The van der Waals surface area contributed by atoms with Crippen molar-refractivity contribution in [3.63, 3.8) is 0 Å². The van der Waals surface area contributed by atoms with Gasteiger partial charge in [-0.1, -0.05) is 6.92 Å². The summed E-state index contributed by atoms with van der Waals surface area (Å²) in [5, 5.41) is 8.92. The van der Waals surface area contributed by atoms with E-state index in [1.807, 2.05) is 20.8 Å². The fraction of sp³-hybridized carbons (Fsp3) is 0.545. The standard InChI is InChI=1S/C11H16N2O3/c1-4-11(2,3)16-6-9-8(10(14)15)5-12-7-13-9/h5,7H,4,6H2,1-3H3,(H,14,15). The van der Waals surface area contributed by atoms with Gasteiger partial charge in [-0.05, 0) is 20.3 Å². The second-order valence-corrected chi connectivity index (χ2v) is 4.09. The second kappa shape index (κ2) is 5.03. The molecule has 0 saturated carbocycles. The van der Waals surface area contributed by atoms with Gasteiger partial charge in [0, 0.05) is 6.20 Å². The molecule has 16 heavy (non-hydrogen) atoms. The van der Waals surface area contributed by atoms with Crippen molar-refractivity contribution in [2.24, 2.45) is 0 Å². The zero-order chi connectivity index (χ0) is 12.2. The van der Waals surface area contributed by atoms with Crippen molar-refractivity contribution in [1.29, 1.82) is 0 Å². The molecule has 0 amide bonds. The molecule has 88 valence electrons. The summed E-state index contributed by atoms with van der Waals surface area (Å²) in [7, 11) is 0. The summed E-state index contributed by atoms with van der Waals surface area (Å²) >= 11 is 0. The number of carboxylic acids is 1. The molecule has 0 aromatic carbocycles. The lowest BCUT2D eigenvalue weighted by atomic mass is 10.1. The van der Waals surface area contributed by atoms with E-state index in [1.54, 1.807) is 0 Å². The minimum atomic E-state index is -1.03. The Morgan fingerprint density at radius 1 is 1.56 bits per heavy atom. The summed E-state index contributed by atoms with van der Waals surface area (Å²) in [5.41, 5.74) is 0.221. The van der Waals surface area contributed by atoms with Gasteiger partial charge in [-0.15, -0.1) is 0 Å². The Morgan fingerprint density at radius 3 is 2.81 bits per heavy atom. The maximum Gasteiger partial charge on any atom is 0.339 e. The maximum atomic E-state index is 10.9. The average Bonchev–Trinajstić information content (AvgIpc) is 2.27. The molecule has 0 aliphatic rings. The topological polar surface area (TPSA) is 72.3 Å². The van der Waals surface area contributed by atoms with E-state index >= 15 is 0 Å². The van der Waals surface area contributed by atoms with Crippen LogP contribution < -0.4 is 0 Å². The Kier molecular flexibility index (Phi) is 3.95. The third-order valence-corrected chi connectivity index (χ3v) is 2.48. The molecule has 1 aromatic heterocycles. The highest BCUT2D eigenvalue weighted by atomic mass is 16.5. The van der Waals surface area contributed by atoms with Crippen molar-refractivity contribution in [2.75, 3.05) is 0 Å². The predicted molar refractivity (Wildman–Crippen MR) is 58.2 cm³/mol. The Labute approximate surface area is 94.5 Å². The first-order chi connectivity index (χ1) is 7.46. The highest BCUT2D eigenvalue weighted by Gasteiger charge is 2.18. The van der Waals surface area contributed by atoms with Crippen LogP contribution in [0.1, 0.15) is 43.2 Å². The first-order valence-electron chi connectivity index (χ1n) is 5.12. The van der Waals surface area contributed by atoms with Crippen molar-refractivity contribution in [2.45, 2.75) is 39.4 Å². The first-order valence-corrected chi connectivity index (χ1v) is 5.12. The van der Waals surface area contributed by atoms with Crippen LogP contribution in [0.4, 0.5) is 0 Å². The molecule has 0 saturated heterocycles. The van der Waals surface area contributed by atoms with E-state index in [0.717, 1.165) is 6.42 Å². The lowest BCUT2D eigenvalue weighted by molar-refractivity contribution is -0.0334. The van der Waals surface area contributed by atoms with Crippen LogP contribution in [0, 0.1) is 0 Å². The Morgan fingerprint density at radius 2 is 2.25 bits per heavy atom. The molecule has 1 N–H and O–H groups in total. The Bertz CT molecular complexity index is 377. The quantitative estimate of drug-likeness (QED) is 0.826. The summed E-state index contributed by atoms with van der Waals surface area (Å²) in [6.45, 7) is 6.10. The third-order valence-electron chi connectivity index (χ3n) is 2.48. The molecule has 0 aliphatic heterocycles. The molecule has 0 fully saturated rings. The monoisotopic (exact) mass is 224 g/mol. The molecular formula is C11H16N2O3. The van der Waals surface area contributed by atoms with Gasteiger partial charge in [0.25, 0.3) is 0 Å². The van der Waals surface area contributed by atoms with Gasteiger partial charge in [-0.25, -0.2) is 14.8 Å². The lowest BCUT2D eigenvalue weighted by Crippen LogP contribution is -2.23. The van der Waals surface area contributed by atoms with Crippen LogP contribution in [0.15, 0.2) is 12.5 Å². The number of hydrogen-bond donors (Lipinski definition) is 1. The number of carbonyl (C=O) groups is 1. The van der Waals surface area contributed by atoms with E-state index in [2.05, 4.69) is 9.97 Å². The number of ether oxygens (including phenoxy) is 1. The van der Waals surface area contributed by atoms with Crippen molar-refractivity contribution in [3.8, 4) is 0 Å². The molecule has 0 aliphatic carbocycles. The zero-order valence-electron chi connectivity index (χ0n) is 9.73. The number of hydrogen-bond acceptors (Lipinski definition) is 4. The third kappa shape index (κ3) is 3.27. The summed E-state index contributed by atoms with van der Waals surface area (Å²) in [6, 6.07) is 0. The minimum Gasteiger partial charge on any atom is -0.478 e. The lowest BCUT2D eigenvalue weighted by Gasteiger charge is -2.23. The molecule has 0 bridgehead atoms. The average molecular weight is 224 g/mol. The molecule has 0 unspecified atom stereocenters. The smallest absolute Gasteiger partial charge is 0.339 e. The van der Waals surface area contributed by atoms with Crippen LogP contribution in [0.5, 0.6) is 0 Å².